The van der Waals surface area contributed by atoms with Crippen LogP contribution in [0.15, 0.2) is 0 Å². The fraction of sp³-hybridized carbons (Fsp3) is 0.818. The molecule has 0 saturated carbocycles. The van der Waals surface area contributed by atoms with Gasteiger partial charge in [-0.3, -0.25) is 9.59 Å². The first-order valence-electron chi connectivity index (χ1n) is 5.76. The Kier molecular flexibility index (Phi) is 4.20. The lowest BCUT2D eigenvalue weighted by molar-refractivity contribution is -0.194. The van der Waals surface area contributed by atoms with Crippen molar-refractivity contribution in [2.45, 2.75) is 22.3 Å². The quantitative estimate of drug-likeness (QED) is 0.392. The molecule has 0 unspecified atom stereocenters. The maximum Gasteiger partial charge on any atom is 0.395 e. The summed E-state index contributed by atoms with van der Waals surface area (Å²) in [5.41, 5.74) is 0. The van der Waals surface area contributed by atoms with E-state index in [1.165, 1.54) is 0 Å². The molecule has 2 aliphatic rings. The van der Waals surface area contributed by atoms with E-state index in [0.717, 1.165) is 14.2 Å². The minimum absolute atomic E-state index is 0.754. The summed E-state index contributed by atoms with van der Waals surface area (Å²) in [6.07, 6.45) is -6.90. The third-order valence-electron chi connectivity index (χ3n) is 3.74. The summed E-state index contributed by atoms with van der Waals surface area (Å²) in [5.74, 6) is -5.77. The Hall–Kier alpha value is -0.580. The number of halogens is 4. The van der Waals surface area contributed by atoms with E-state index in [0.29, 0.717) is 0 Å². The van der Waals surface area contributed by atoms with Gasteiger partial charge in [0.15, 0.2) is 0 Å². The van der Waals surface area contributed by atoms with E-state index in [1.54, 1.807) is 22.6 Å². The van der Waals surface area contributed by atoms with Crippen molar-refractivity contribution < 1.29 is 37.0 Å². The highest BCUT2D eigenvalue weighted by atomic mass is 127. The van der Waals surface area contributed by atoms with E-state index >= 15 is 0 Å². The van der Waals surface area contributed by atoms with Crippen molar-refractivity contribution in [3.63, 3.8) is 0 Å². The van der Waals surface area contributed by atoms with Gasteiger partial charge in [-0.25, -0.2) is 0 Å². The van der Waals surface area contributed by atoms with Crippen LogP contribution in [0.1, 0.15) is 0 Å². The molecule has 2 fully saturated rings. The molecule has 6 atom stereocenters. The van der Waals surface area contributed by atoms with Crippen molar-refractivity contribution >= 4 is 34.5 Å². The number of rotatable bonds is 2. The number of alkyl halides is 4. The predicted molar refractivity (Wildman–Crippen MR) is 67.0 cm³/mol. The number of carbonyl (C=O) groups is 2. The molecule has 9 heteroatoms. The molecule has 5 nitrogen and oxygen atoms in total. The van der Waals surface area contributed by atoms with Crippen molar-refractivity contribution in [2.75, 3.05) is 14.2 Å². The Labute approximate surface area is 126 Å². The van der Waals surface area contributed by atoms with Gasteiger partial charge in [0, 0.05) is 0 Å². The molecule has 0 aromatic heterocycles. The van der Waals surface area contributed by atoms with E-state index in [2.05, 4.69) is 9.47 Å². The van der Waals surface area contributed by atoms with Crippen LogP contribution in [0.2, 0.25) is 0 Å². The second-order valence-corrected chi connectivity index (χ2v) is 6.11. The molecular weight excluding hydrogens is 396 g/mol. The molecule has 0 aromatic rings. The Morgan fingerprint density at radius 2 is 1.50 bits per heavy atom. The zero-order valence-corrected chi connectivity index (χ0v) is 12.7. The highest BCUT2D eigenvalue weighted by molar-refractivity contribution is 14.1. The van der Waals surface area contributed by atoms with Crippen LogP contribution in [0.3, 0.4) is 0 Å². The lowest BCUT2D eigenvalue weighted by Gasteiger charge is -2.33. The Morgan fingerprint density at radius 1 is 1.05 bits per heavy atom. The van der Waals surface area contributed by atoms with Gasteiger partial charge in [-0.2, -0.15) is 13.2 Å². The summed E-state index contributed by atoms with van der Waals surface area (Å²) in [7, 11) is 2.18. The molecule has 2 bridgehead atoms. The fourth-order valence-electron chi connectivity index (χ4n) is 2.93. The predicted octanol–water partition coefficient (Wildman–Crippen LogP) is 1.33. The Balaban J connectivity index is 2.37. The van der Waals surface area contributed by atoms with Crippen LogP contribution in [0.4, 0.5) is 13.2 Å². The average molecular weight is 408 g/mol. The van der Waals surface area contributed by atoms with Crippen molar-refractivity contribution in [1.29, 1.82) is 0 Å². The minimum Gasteiger partial charge on any atom is -0.469 e. The first-order valence-corrected chi connectivity index (χ1v) is 7.00. The average Bonchev–Trinajstić information content (AvgIpc) is 2.90. The summed E-state index contributed by atoms with van der Waals surface area (Å²) in [4.78, 5) is 23.5. The van der Waals surface area contributed by atoms with Crippen LogP contribution >= 0.6 is 22.6 Å². The van der Waals surface area contributed by atoms with E-state index < -0.39 is 52.0 Å². The first kappa shape index (κ1) is 15.8. The molecule has 0 aromatic carbocycles. The number of hydrogen-bond donors (Lipinski definition) is 0. The van der Waals surface area contributed by atoms with E-state index in [4.69, 9.17) is 4.74 Å². The zero-order valence-electron chi connectivity index (χ0n) is 10.5. The summed E-state index contributed by atoms with van der Waals surface area (Å²) in [6, 6.07) is 0. The van der Waals surface area contributed by atoms with Gasteiger partial charge in [-0.1, -0.05) is 22.6 Å². The lowest BCUT2D eigenvalue weighted by atomic mass is 9.73. The van der Waals surface area contributed by atoms with Crippen LogP contribution < -0.4 is 0 Å². The molecule has 2 rings (SSSR count). The number of hydrogen-bond acceptors (Lipinski definition) is 5. The number of esters is 2. The second kappa shape index (κ2) is 5.32. The molecule has 0 N–H and O–H groups in total. The maximum atomic E-state index is 13.1. The first-order chi connectivity index (χ1) is 9.23. The summed E-state index contributed by atoms with van der Waals surface area (Å²) < 4.78 is 52.6. The topological polar surface area (TPSA) is 61.8 Å². The van der Waals surface area contributed by atoms with Crippen LogP contribution in [0.5, 0.6) is 0 Å². The number of carbonyl (C=O) groups excluding carboxylic acids is 2. The monoisotopic (exact) mass is 408 g/mol. The smallest absolute Gasteiger partial charge is 0.395 e. The van der Waals surface area contributed by atoms with Crippen LogP contribution in [0.25, 0.3) is 0 Å². The molecule has 114 valence electrons. The van der Waals surface area contributed by atoms with E-state index in [1.807, 2.05) is 0 Å². The standard InChI is InChI=1S/C11H12F3IO5/c1-18-9(16)3-4(10(17)19-2)8-6(15)5(7(3)20-8)11(12,13)14/h3-8H,1-2H3/t3-,4+,5+,6+,7-,8+/m0/s1. The fourth-order valence-corrected chi connectivity index (χ4v) is 4.36. The zero-order chi connectivity index (χ0) is 15.2. The molecule has 0 amide bonds. The van der Waals surface area contributed by atoms with Crippen molar-refractivity contribution in [2.24, 2.45) is 17.8 Å². The van der Waals surface area contributed by atoms with Gasteiger partial charge in [0.25, 0.3) is 0 Å². The van der Waals surface area contributed by atoms with Crippen molar-refractivity contribution in [3.8, 4) is 0 Å². The van der Waals surface area contributed by atoms with Crippen LogP contribution in [-0.2, 0) is 23.8 Å². The lowest BCUT2D eigenvalue weighted by Crippen LogP contribution is -2.51. The van der Waals surface area contributed by atoms with Crippen molar-refractivity contribution in [3.05, 3.63) is 0 Å². The third kappa shape index (κ3) is 2.28. The third-order valence-corrected chi connectivity index (χ3v) is 5.23. The summed E-state index contributed by atoms with van der Waals surface area (Å²) in [5, 5.41) is 0. The molecule has 2 heterocycles. The van der Waals surface area contributed by atoms with Crippen LogP contribution in [0, 0.1) is 17.8 Å². The molecule has 2 saturated heterocycles. The number of ether oxygens (including phenoxy) is 3. The largest absolute Gasteiger partial charge is 0.469 e. The number of fused-ring (bicyclic) bond motifs is 2. The summed E-state index contributed by atoms with van der Waals surface area (Å²) in [6.45, 7) is 0. The maximum absolute atomic E-state index is 13.1. The molecular formula is C11H12F3IO5. The highest BCUT2D eigenvalue weighted by Gasteiger charge is 2.70. The molecule has 2 aliphatic heterocycles. The SMILES string of the molecule is COC(=O)[C@@H]1[C@@H]2O[C@@H]([C@H](I)[C@H]2C(F)(F)F)[C@@H]1C(=O)OC. The molecule has 0 radical (unpaired) electrons. The van der Waals surface area contributed by atoms with Gasteiger partial charge in [-0.15, -0.1) is 0 Å². The molecule has 20 heavy (non-hydrogen) atoms. The van der Waals surface area contributed by atoms with E-state index in [9.17, 15) is 22.8 Å². The minimum atomic E-state index is -4.50. The van der Waals surface area contributed by atoms with E-state index in [-0.39, 0.29) is 0 Å². The molecule has 0 spiro atoms. The van der Waals surface area contributed by atoms with Gasteiger partial charge < -0.3 is 14.2 Å². The van der Waals surface area contributed by atoms with Gasteiger partial charge in [0.05, 0.1) is 48.1 Å². The normalized spacial score (nSPS) is 39.7. The van der Waals surface area contributed by atoms with Gasteiger partial charge >= 0.3 is 18.1 Å². The van der Waals surface area contributed by atoms with Gasteiger partial charge in [-0.05, 0) is 0 Å². The Morgan fingerprint density at radius 3 is 1.90 bits per heavy atom. The molecule has 0 aliphatic carbocycles. The van der Waals surface area contributed by atoms with Gasteiger partial charge in [0.1, 0.15) is 0 Å². The second-order valence-electron chi connectivity index (χ2n) is 4.68. The highest BCUT2D eigenvalue weighted by Crippen LogP contribution is 2.55. The summed E-state index contributed by atoms with van der Waals surface area (Å²) >= 11 is 1.62. The Bertz CT molecular complexity index is 427. The van der Waals surface area contributed by atoms with Crippen LogP contribution in [-0.4, -0.2) is 48.5 Å². The van der Waals surface area contributed by atoms with Gasteiger partial charge in [0.2, 0.25) is 0 Å². The van der Waals surface area contributed by atoms with Crippen molar-refractivity contribution in [1.82, 2.24) is 0 Å². The number of methoxy groups -OCH3 is 2.